The van der Waals surface area contributed by atoms with Crippen molar-refractivity contribution in [3.8, 4) is 0 Å². The smallest absolute Gasteiger partial charge is 0.256 e. The van der Waals surface area contributed by atoms with Crippen molar-refractivity contribution in [1.29, 1.82) is 0 Å². The molecular weight excluding hydrogens is 124 g/mol. The van der Waals surface area contributed by atoms with E-state index in [-0.39, 0.29) is 5.92 Å². The largest absolute Gasteiger partial charge is 0.320 e. The summed E-state index contributed by atoms with van der Waals surface area (Å²) in [4.78, 5) is 0. The lowest BCUT2D eigenvalue weighted by Gasteiger charge is -2.44. The van der Waals surface area contributed by atoms with Crippen LogP contribution in [0.3, 0.4) is 0 Å². The molecule has 0 amide bonds. The van der Waals surface area contributed by atoms with Gasteiger partial charge in [0.15, 0.2) is 0 Å². The van der Waals surface area contributed by atoms with E-state index in [4.69, 9.17) is 5.73 Å². The Morgan fingerprint density at radius 2 is 2.22 bits per heavy atom. The molecule has 1 aliphatic carbocycles. The number of nitrogens with two attached hydrogens (primary N) is 1. The molecule has 3 heteroatoms. The van der Waals surface area contributed by atoms with Gasteiger partial charge in [0.1, 0.15) is 0 Å². The second kappa shape index (κ2) is 1.90. The first-order valence-electron chi connectivity index (χ1n) is 3.14. The molecule has 54 valence electrons. The molecule has 1 saturated carbocycles. The third-order valence-electron chi connectivity index (χ3n) is 2.33. The van der Waals surface area contributed by atoms with E-state index in [0.717, 1.165) is 6.42 Å². The SMILES string of the molecule is CC1CCC1(N)C(F)F. The fourth-order valence-electron chi connectivity index (χ4n) is 1.09. The van der Waals surface area contributed by atoms with Gasteiger partial charge in [-0.05, 0) is 18.8 Å². The molecule has 0 aliphatic heterocycles. The number of alkyl halides is 2. The zero-order chi connectivity index (χ0) is 7.07. The predicted molar refractivity (Wildman–Crippen MR) is 31.3 cm³/mol. The zero-order valence-corrected chi connectivity index (χ0v) is 5.40. The Morgan fingerprint density at radius 3 is 2.22 bits per heavy atom. The van der Waals surface area contributed by atoms with E-state index in [9.17, 15) is 8.78 Å². The fraction of sp³-hybridized carbons (Fsp3) is 1.00. The first-order chi connectivity index (χ1) is 4.07. The number of hydrogen-bond donors (Lipinski definition) is 1. The molecule has 0 spiro atoms. The van der Waals surface area contributed by atoms with Crippen LogP contribution < -0.4 is 5.73 Å². The van der Waals surface area contributed by atoms with Crippen LogP contribution in [0.15, 0.2) is 0 Å². The van der Waals surface area contributed by atoms with Gasteiger partial charge in [-0.25, -0.2) is 8.78 Å². The van der Waals surface area contributed by atoms with Gasteiger partial charge < -0.3 is 5.73 Å². The van der Waals surface area contributed by atoms with Crippen LogP contribution in [-0.4, -0.2) is 12.0 Å². The Labute approximate surface area is 53.2 Å². The molecule has 1 nitrogen and oxygen atoms in total. The van der Waals surface area contributed by atoms with Gasteiger partial charge in [-0.1, -0.05) is 6.92 Å². The third kappa shape index (κ3) is 0.834. The summed E-state index contributed by atoms with van der Waals surface area (Å²) < 4.78 is 24.0. The second-order valence-corrected chi connectivity index (χ2v) is 2.85. The Bertz CT molecular complexity index is 109. The van der Waals surface area contributed by atoms with E-state index >= 15 is 0 Å². The van der Waals surface area contributed by atoms with Gasteiger partial charge in [0.05, 0.1) is 5.54 Å². The number of hydrogen-bond acceptors (Lipinski definition) is 1. The highest BCUT2D eigenvalue weighted by atomic mass is 19.3. The molecule has 0 radical (unpaired) electrons. The Balaban J connectivity index is 2.53. The molecule has 1 fully saturated rings. The summed E-state index contributed by atoms with van der Waals surface area (Å²) in [6.45, 7) is 1.77. The maximum atomic E-state index is 12.0. The van der Waals surface area contributed by atoms with E-state index in [0.29, 0.717) is 6.42 Å². The van der Waals surface area contributed by atoms with E-state index in [1.807, 2.05) is 0 Å². The molecule has 1 aliphatic rings. The monoisotopic (exact) mass is 135 g/mol. The van der Waals surface area contributed by atoms with Crippen molar-refractivity contribution in [1.82, 2.24) is 0 Å². The van der Waals surface area contributed by atoms with Crippen LogP contribution in [0, 0.1) is 5.92 Å². The number of halogens is 2. The normalized spacial score (nSPS) is 43.0. The molecule has 0 bridgehead atoms. The molecule has 0 heterocycles. The lowest BCUT2D eigenvalue weighted by Crippen LogP contribution is -2.59. The molecule has 2 N–H and O–H groups in total. The van der Waals surface area contributed by atoms with Gasteiger partial charge in [0, 0.05) is 0 Å². The summed E-state index contributed by atoms with van der Waals surface area (Å²) in [6, 6.07) is 0. The zero-order valence-electron chi connectivity index (χ0n) is 5.40. The fourth-order valence-corrected chi connectivity index (χ4v) is 1.09. The number of rotatable bonds is 1. The molecule has 2 atom stereocenters. The van der Waals surface area contributed by atoms with Crippen LogP contribution in [0.4, 0.5) is 8.78 Å². The van der Waals surface area contributed by atoms with Crippen molar-refractivity contribution < 1.29 is 8.78 Å². The first kappa shape index (κ1) is 6.93. The summed E-state index contributed by atoms with van der Waals surface area (Å²) in [7, 11) is 0. The minimum atomic E-state index is -2.35. The Morgan fingerprint density at radius 1 is 1.67 bits per heavy atom. The molecule has 0 aromatic heterocycles. The lowest BCUT2D eigenvalue weighted by atomic mass is 9.68. The predicted octanol–water partition coefficient (Wildman–Crippen LogP) is 1.38. The molecular formula is C6H11F2N. The summed E-state index contributed by atoms with van der Waals surface area (Å²) in [6.07, 6.45) is -1.02. The lowest BCUT2D eigenvalue weighted by molar-refractivity contribution is -0.0320. The Hall–Kier alpha value is -0.180. The van der Waals surface area contributed by atoms with Crippen molar-refractivity contribution >= 4 is 0 Å². The van der Waals surface area contributed by atoms with Crippen LogP contribution in [0.5, 0.6) is 0 Å². The van der Waals surface area contributed by atoms with Gasteiger partial charge in [0.2, 0.25) is 0 Å². The second-order valence-electron chi connectivity index (χ2n) is 2.85. The average Bonchev–Trinajstić information content (AvgIpc) is 1.82. The van der Waals surface area contributed by atoms with Crippen LogP contribution in [0.25, 0.3) is 0 Å². The van der Waals surface area contributed by atoms with Crippen molar-refractivity contribution in [3.63, 3.8) is 0 Å². The van der Waals surface area contributed by atoms with Crippen molar-refractivity contribution in [2.24, 2.45) is 11.7 Å². The van der Waals surface area contributed by atoms with Gasteiger partial charge in [-0.15, -0.1) is 0 Å². The van der Waals surface area contributed by atoms with Gasteiger partial charge in [0.25, 0.3) is 6.43 Å². The summed E-state index contributed by atoms with van der Waals surface area (Å²) in [5.41, 5.74) is 4.19. The highest BCUT2D eigenvalue weighted by Crippen LogP contribution is 2.40. The van der Waals surface area contributed by atoms with Gasteiger partial charge in [-0.3, -0.25) is 0 Å². The van der Waals surface area contributed by atoms with Gasteiger partial charge in [-0.2, -0.15) is 0 Å². The topological polar surface area (TPSA) is 26.0 Å². The van der Waals surface area contributed by atoms with Crippen molar-refractivity contribution in [2.45, 2.75) is 31.7 Å². The maximum absolute atomic E-state index is 12.0. The van der Waals surface area contributed by atoms with E-state index in [2.05, 4.69) is 0 Å². The molecule has 2 unspecified atom stereocenters. The van der Waals surface area contributed by atoms with Gasteiger partial charge >= 0.3 is 0 Å². The third-order valence-corrected chi connectivity index (χ3v) is 2.33. The molecule has 9 heavy (non-hydrogen) atoms. The maximum Gasteiger partial charge on any atom is 0.256 e. The van der Waals surface area contributed by atoms with Crippen LogP contribution in [0.1, 0.15) is 19.8 Å². The standard InChI is InChI=1S/C6H11F2N/c1-4-2-3-6(4,9)5(7)8/h4-5H,2-3,9H2,1H3. The minimum absolute atomic E-state index is 0.00231. The highest BCUT2D eigenvalue weighted by molar-refractivity contribution is 5.00. The summed E-state index contributed by atoms with van der Waals surface area (Å²) in [5, 5.41) is 0. The average molecular weight is 135 g/mol. The van der Waals surface area contributed by atoms with Crippen molar-refractivity contribution in [2.75, 3.05) is 0 Å². The highest BCUT2D eigenvalue weighted by Gasteiger charge is 2.47. The quantitative estimate of drug-likeness (QED) is 0.577. The van der Waals surface area contributed by atoms with E-state index in [1.54, 1.807) is 6.92 Å². The van der Waals surface area contributed by atoms with Crippen molar-refractivity contribution in [3.05, 3.63) is 0 Å². The van der Waals surface area contributed by atoms with E-state index in [1.165, 1.54) is 0 Å². The molecule has 0 saturated heterocycles. The Kier molecular flexibility index (Phi) is 1.47. The summed E-state index contributed by atoms with van der Waals surface area (Å²) >= 11 is 0. The summed E-state index contributed by atoms with van der Waals surface area (Å²) in [5.74, 6) is -0.00231. The molecule has 0 aromatic rings. The molecule has 0 aromatic carbocycles. The molecule has 1 rings (SSSR count). The van der Waals surface area contributed by atoms with Crippen LogP contribution >= 0.6 is 0 Å². The first-order valence-corrected chi connectivity index (χ1v) is 3.14. The van der Waals surface area contributed by atoms with Crippen LogP contribution in [0.2, 0.25) is 0 Å². The minimum Gasteiger partial charge on any atom is -0.320 e. The van der Waals surface area contributed by atoms with E-state index < -0.39 is 12.0 Å². The van der Waals surface area contributed by atoms with Crippen LogP contribution in [-0.2, 0) is 0 Å².